The summed E-state index contributed by atoms with van der Waals surface area (Å²) in [5, 5.41) is 8.24. The largest absolute Gasteiger partial charge is 0.0776 e. The molecular weight excluding hydrogens is 264 g/mol. The minimum absolute atomic E-state index is 0. The van der Waals surface area contributed by atoms with Crippen molar-refractivity contribution in [2.75, 3.05) is 0 Å². The molecule has 0 aliphatic rings. The molecule has 0 N–H and O–H groups in total. The molecule has 4 rings (SSSR count). The Morgan fingerprint density at radius 2 is 1.05 bits per heavy atom. The van der Waals surface area contributed by atoms with Gasteiger partial charge >= 0.3 is 0 Å². The molecule has 0 nitrogen and oxygen atoms in total. The molecule has 0 aliphatic carbocycles. The molecule has 0 aromatic heterocycles. The van der Waals surface area contributed by atoms with Gasteiger partial charge in [-0.2, -0.15) is 0 Å². The summed E-state index contributed by atoms with van der Waals surface area (Å²) in [6.07, 6.45) is 0. The Morgan fingerprint density at radius 3 is 1.50 bits per heavy atom. The van der Waals surface area contributed by atoms with Crippen molar-refractivity contribution in [3.63, 3.8) is 0 Å². The van der Waals surface area contributed by atoms with Crippen molar-refractivity contribution in [2.45, 2.75) is 41.0 Å². The van der Waals surface area contributed by atoms with E-state index in [0.29, 0.717) is 5.92 Å². The number of hydrogen-bond donors (Lipinski definition) is 0. The van der Waals surface area contributed by atoms with Crippen molar-refractivity contribution in [2.24, 2.45) is 0 Å². The highest BCUT2D eigenvalue weighted by Gasteiger charge is 2.09. The lowest BCUT2D eigenvalue weighted by atomic mass is 9.91. The van der Waals surface area contributed by atoms with Crippen LogP contribution >= 0.6 is 0 Å². The van der Waals surface area contributed by atoms with Crippen molar-refractivity contribution >= 4 is 32.3 Å². The van der Waals surface area contributed by atoms with Gasteiger partial charge in [0, 0.05) is 0 Å². The number of hydrogen-bond acceptors (Lipinski definition) is 0. The van der Waals surface area contributed by atoms with Crippen LogP contribution in [0.25, 0.3) is 32.3 Å². The molecule has 22 heavy (non-hydrogen) atoms. The van der Waals surface area contributed by atoms with E-state index in [-0.39, 0.29) is 7.43 Å². The van der Waals surface area contributed by atoms with Crippen LogP contribution < -0.4 is 0 Å². The molecule has 0 fully saturated rings. The van der Waals surface area contributed by atoms with Gasteiger partial charge in [-0.3, -0.25) is 0 Å². The summed E-state index contributed by atoms with van der Waals surface area (Å²) in [5.74, 6) is 0.571. The lowest BCUT2D eigenvalue weighted by Gasteiger charge is -2.13. The third-order valence-corrected chi connectivity index (χ3v) is 4.15. The topological polar surface area (TPSA) is 0 Å². The first kappa shape index (κ1) is 16.3. The van der Waals surface area contributed by atoms with Crippen molar-refractivity contribution < 1.29 is 0 Å². The second-order valence-electron chi connectivity index (χ2n) is 5.71. The average Bonchev–Trinajstić information content (AvgIpc) is 2.54. The minimum Gasteiger partial charge on any atom is -0.0776 e. The lowest BCUT2D eigenvalue weighted by Crippen LogP contribution is -1.90. The van der Waals surface area contributed by atoms with E-state index in [2.05, 4.69) is 68.4 Å². The van der Waals surface area contributed by atoms with Crippen LogP contribution in [0.2, 0.25) is 0 Å². The van der Waals surface area contributed by atoms with Gasteiger partial charge in [0.2, 0.25) is 0 Å². The highest BCUT2D eigenvalue weighted by Crippen LogP contribution is 2.36. The van der Waals surface area contributed by atoms with E-state index in [1.807, 2.05) is 13.8 Å². The van der Waals surface area contributed by atoms with Gasteiger partial charge in [-0.1, -0.05) is 89.7 Å². The molecule has 0 saturated heterocycles. The van der Waals surface area contributed by atoms with E-state index >= 15 is 0 Å². The molecule has 114 valence electrons. The highest BCUT2D eigenvalue weighted by atomic mass is 14.1. The zero-order valence-corrected chi connectivity index (χ0v) is 13.3. The summed E-state index contributed by atoms with van der Waals surface area (Å²) in [6.45, 7) is 8.51. The predicted octanol–water partition coefficient (Wildman–Crippen LogP) is 7.37. The quantitative estimate of drug-likeness (QED) is 0.321. The second kappa shape index (κ2) is 6.36. The molecule has 0 amide bonds. The highest BCUT2D eigenvalue weighted by molar-refractivity contribution is 6.23. The smallest absolute Gasteiger partial charge is 0.00266 e. The van der Waals surface area contributed by atoms with Gasteiger partial charge in [0.1, 0.15) is 0 Å². The minimum atomic E-state index is 0. The Labute approximate surface area is 134 Å². The maximum atomic E-state index is 2.35. The van der Waals surface area contributed by atoms with Crippen LogP contribution in [0.1, 0.15) is 46.6 Å². The zero-order valence-electron chi connectivity index (χ0n) is 13.3. The van der Waals surface area contributed by atoms with E-state index < -0.39 is 0 Å². The molecule has 0 heteroatoms. The SMILES string of the molecule is C.CC.CC(C)c1cc2ccc3cccc4ccc(c1)c2c34. The predicted molar refractivity (Wildman–Crippen MR) is 102 cm³/mol. The Morgan fingerprint density at radius 1 is 0.636 bits per heavy atom. The molecule has 0 aliphatic heterocycles. The van der Waals surface area contributed by atoms with Gasteiger partial charge in [0.05, 0.1) is 0 Å². The summed E-state index contributed by atoms with van der Waals surface area (Å²) in [5.41, 5.74) is 1.42. The normalized spacial score (nSPS) is 10.8. The monoisotopic (exact) mass is 290 g/mol. The summed E-state index contributed by atoms with van der Waals surface area (Å²) in [7, 11) is 0. The molecule has 4 aromatic rings. The molecule has 4 aromatic carbocycles. The summed E-state index contributed by atoms with van der Waals surface area (Å²) in [6, 6.07) is 20.3. The van der Waals surface area contributed by atoms with Crippen molar-refractivity contribution in [3.05, 3.63) is 60.2 Å². The van der Waals surface area contributed by atoms with E-state index in [1.165, 1.54) is 37.9 Å². The summed E-state index contributed by atoms with van der Waals surface area (Å²) >= 11 is 0. The molecule has 0 saturated carbocycles. The van der Waals surface area contributed by atoms with Crippen LogP contribution in [0.3, 0.4) is 0 Å². The third kappa shape index (κ3) is 2.43. The van der Waals surface area contributed by atoms with Crippen molar-refractivity contribution in [1.82, 2.24) is 0 Å². The zero-order chi connectivity index (χ0) is 15.0. The Balaban J connectivity index is 0.000000566. The average molecular weight is 290 g/mol. The van der Waals surface area contributed by atoms with E-state index in [1.54, 1.807) is 0 Å². The molecule has 0 atom stereocenters. The number of benzene rings is 4. The first-order valence-electron chi connectivity index (χ1n) is 7.91. The fourth-order valence-electron chi connectivity index (χ4n) is 3.11. The van der Waals surface area contributed by atoms with Crippen LogP contribution in [-0.2, 0) is 0 Å². The van der Waals surface area contributed by atoms with Gasteiger partial charge in [-0.25, -0.2) is 0 Å². The van der Waals surface area contributed by atoms with Crippen LogP contribution in [0.4, 0.5) is 0 Å². The molecule has 0 unspecified atom stereocenters. The molecule has 0 heterocycles. The molecule has 0 spiro atoms. The molecule has 0 radical (unpaired) electrons. The molecular formula is C22H26. The van der Waals surface area contributed by atoms with Crippen molar-refractivity contribution in [3.8, 4) is 0 Å². The van der Waals surface area contributed by atoms with Gasteiger partial charge in [-0.05, 0) is 43.8 Å². The Bertz CT molecular complexity index is 820. The van der Waals surface area contributed by atoms with E-state index in [0.717, 1.165) is 0 Å². The van der Waals surface area contributed by atoms with E-state index in [4.69, 9.17) is 0 Å². The fraction of sp³-hybridized carbons (Fsp3) is 0.273. The van der Waals surface area contributed by atoms with Gasteiger partial charge in [0.25, 0.3) is 0 Å². The third-order valence-electron chi connectivity index (χ3n) is 4.15. The van der Waals surface area contributed by atoms with E-state index in [9.17, 15) is 0 Å². The van der Waals surface area contributed by atoms with Gasteiger partial charge < -0.3 is 0 Å². The standard InChI is InChI=1S/C19H16.C2H6.CH4/c1-12(2)17-10-15-8-6-13-4-3-5-14-7-9-16(11-17)19(15)18(13)14;1-2;/h3-12H,1-2H3;1-2H3;1H4. The van der Waals surface area contributed by atoms with Crippen LogP contribution in [0, 0.1) is 0 Å². The summed E-state index contributed by atoms with van der Waals surface area (Å²) < 4.78 is 0. The maximum absolute atomic E-state index is 2.35. The summed E-state index contributed by atoms with van der Waals surface area (Å²) in [4.78, 5) is 0. The Hall–Kier alpha value is -2.08. The Kier molecular flexibility index (Phi) is 4.71. The van der Waals surface area contributed by atoms with Gasteiger partial charge in [-0.15, -0.1) is 0 Å². The van der Waals surface area contributed by atoms with Crippen LogP contribution in [0.15, 0.2) is 54.6 Å². The first-order chi connectivity index (χ1) is 10.2. The van der Waals surface area contributed by atoms with Crippen molar-refractivity contribution in [1.29, 1.82) is 0 Å². The number of rotatable bonds is 1. The van der Waals surface area contributed by atoms with Crippen LogP contribution in [-0.4, -0.2) is 0 Å². The first-order valence-corrected chi connectivity index (χ1v) is 7.91. The van der Waals surface area contributed by atoms with Crippen LogP contribution in [0.5, 0.6) is 0 Å². The lowest BCUT2D eigenvalue weighted by molar-refractivity contribution is 0.870. The maximum Gasteiger partial charge on any atom is -0.00266 e. The van der Waals surface area contributed by atoms with Gasteiger partial charge in [0.15, 0.2) is 0 Å². The molecule has 0 bridgehead atoms. The fourth-order valence-corrected chi connectivity index (χ4v) is 3.11. The second-order valence-corrected chi connectivity index (χ2v) is 5.71.